The summed E-state index contributed by atoms with van der Waals surface area (Å²) in [4.78, 5) is 22.6. The molecule has 132 valence electrons. The molecular weight excluding hydrogens is 324 g/mol. The van der Waals surface area contributed by atoms with Gasteiger partial charge >= 0.3 is 0 Å². The standard InChI is InChI=1S/C17H20N4O4/c18-20-16(22)12-2-6-14(7-3-12)24-10-1-11-25-15-8-4-13(5-9-15)17(23)21-19/h2-9H,1,10-11,18-19H2,(H,20,22)(H,21,23). The van der Waals surface area contributed by atoms with Crippen molar-refractivity contribution < 1.29 is 19.1 Å². The number of hydrazine groups is 2. The van der Waals surface area contributed by atoms with Crippen LogP contribution in [0.5, 0.6) is 11.5 Å². The first-order chi connectivity index (χ1) is 12.1. The van der Waals surface area contributed by atoms with Crippen LogP contribution in [0.2, 0.25) is 0 Å². The molecule has 8 heteroatoms. The summed E-state index contributed by atoms with van der Waals surface area (Å²) in [7, 11) is 0. The van der Waals surface area contributed by atoms with E-state index < -0.39 is 0 Å². The zero-order chi connectivity index (χ0) is 18.1. The third-order valence-electron chi connectivity index (χ3n) is 3.32. The van der Waals surface area contributed by atoms with Crippen LogP contribution in [0, 0.1) is 0 Å². The summed E-state index contributed by atoms with van der Waals surface area (Å²) < 4.78 is 11.1. The summed E-state index contributed by atoms with van der Waals surface area (Å²) in [6.07, 6.45) is 0.677. The smallest absolute Gasteiger partial charge is 0.265 e. The number of nitrogens with two attached hydrogens (primary N) is 2. The number of nitrogen functional groups attached to an aromatic ring is 2. The maximum Gasteiger partial charge on any atom is 0.265 e. The quantitative estimate of drug-likeness (QED) is 0.242. The van der Waals surface area contributed by atoms with Gasteiger partial charge in [-0.1, -0.05) is 0 Å². The molecule has 8 nitrogen and oxygen atoms in total. The predicted octanol–water partition coefficient (Wildman–Crippen LogP) is 0.742. The second-order valence-electron chi connectivity index (χ2n) is 5.05. The number of benzene rings is 2. The highest BCUT2D eigenvalue weighted by atomic mass is 16.5. The molecule has 0 radical (unpaired) electrons. The van der Waals surface area contributed by atoms with Crippen LogP contribution in [0.25, 0.3) is 0 Å². The number of hydrogen-bond donors (Lipinski definition) is 4. The molecule has 0 heterocycles. The van der Waals surface area contributed by atoms with E-state index >= 15 is 0 Å². The minimum atomic E-state index is -0.352. The van der Waals surface area contributed by atoms with Crippen LogP contribution in [0.1, 0.15) is 27.1 Å². The van der Waals surface area contributed by atoms with E-state index in [4.69, 9.17) is 21.2 Å². The number of rotatable bonds is 8. The Kier molecular flexibility index (Phi) is 6.76. The first-order valence-corrected chi connectivity index (χ1v) is 7.61. The zero-order valence-corrected chi connectivity index (χ0v) is 13.5. The Labute approximate surface area is 145 Å². The lowest BCUT2D eigenvalue weighted by atomic mass is 10.2. The molecule has 0 aromatic heterocycles. The predicted molar refractivity (Wildman–Crippen MR) is 91.8 cm³/mol. The minimum absolute atomic E-state index is 0.352. The molecular formula is C17H20N4O4. The Morgan fingerprint density at radius 1 is 0.720 bits per heavy atom. The normalized spacial score (nSPS) is 10.0. The third kappa shape index (κ3) is 5.48. The number of ether oxygens (including phenoxy) is 2. The van der Waals surface area contributed by atoms with E-state index in [1.165, 1.54) is 0 Å². The fourth-order valence-corrected chi connectivity index (χ4v) is 2.01. The maximum absolute atomic E-state index is 11.3. The van der Waals surface area contributed by atoms with E-state index in [1.807, 2.05) is 0 Å². The Morgan fingerprint density at radius 3 is 1.40 bits per heavy atom. The van der Waals surface area contributed by atoms with Crippen LogP contribution in [-0.4, -0.2) is 25.0 Å². The molecule has 25 heavy (non-hydrogen) atoms. The van der Waals surface area contributed by atoms with Crippen LogP contribution in [0.4, 0.5) is 0 Å². The van der Waals surface area contributed by atoms with Gasteiger partial charge in [0.1, 0.15) is 11.5 Å². The van der Waals surface area contributed by atoms with Gasteiger partial charge in [0.25, 0.3) is 11.8 Å². The van der Waals surface area contributed by atoms with Crippen molar-refractivity contribution >= 4 is 11.8 Å². The molecule has 2 aromatic carbocycles. The van der Waals surface area contributed by atoms with Crippen LogP contribution in [-0.2, 0) is 0 Å². The lowest BCUT2D eigenvalue weighted by Crippen LogP contribution is -2.29. The SMILES string of the molecule is NNC(=O)c1ccc(OCCCOc2ccc(C(=O)NN)cc2)cc1. The van der Waals surface area contributed by atoms with Gasteiger partial charge < -0.3 is 9.47 Å². The van der Waals surface area contributed by atoms with Gasteiger partial charge in [0.2, 0.25) is 0 Å². The Bertz CT molecular complexity index is 640. The highest BCUT2D eigenvalue weighted by Crippen LogP contribution is 2.14. The topological polar surface area (TPSA) is 129 Å². The summed E-state index contributed by atoms with van der Waals surface area (Å²) >= 11 is 0. The molecule has 0 fully saturated rings. The first kappa shape index (κ1) is 18.2. The van der Waals surface area contributed by atoms with E-state index in [1.54, 1.807) is 48.5 Å². The number of hydrogen-bond acceptors (Lipinski definition) is 6. The lowest BCUT2D eigenvalue weighted by molar-refractivity contribution is 0.0945. The molecule has 0 unspecified atom stereocenters. The first-order valence-electron chi connectivity index (χ1n) is 7.61. The molecule has 0 saturated carbocycles. The molecule has 0 aliphatic carbocycles. The highest BCUT2D eigenvalue weighted by Gasteiger charge is 2.04. The maximum atomic E-state index is 11.3. The number of amides is 2. The van der Waals surface area contributed by atoms with Crippen molar-refractivity contribution in [1.29, 1.82) is 0 Å². The number of nitrogens with one attached hydrogen (secondary N) is 2. The van der Waals surface area contributed by atoms with E-state index in [9.17, 15) is 9.59 Å². The van der Waals surface area contributed by atoms with E-state index in [-0.39, 0.29) is 11.8 Å². The van der Waals surface area contributed by atoms with E-state index in [0.717, 1.165) is 0 Å². The molecule has 2 amide bonds. The zero-order valence-electron chi connectivity index (χ0n) is 13.5. The lowest BCUT2D eigenvalue weighted by Gasteiger charge is -2.09. The van der Waals surface area contributed by atoms with Gasteiger partial charge in [-0.15, -0.1) is 0 Å². The van der Waals surface area contributed by atoms with Gasteiger partial charge in [0.05, 0.1) is 13.2 Å². The summed E-state index contributed by atoms with van der Waals surface area (Å²) in [6.45, 7) is 0.937. The van der Waals surface area contributed by atoms with E-state index in [0.29, 0.717) is 42.3 Å². The molecule has 0 spiro atoms. The molecule has 0 atom stereocenters. The van der Waals surface area contributed by atoms with Crippen molar-refractivity contribution in [3.63, 3.8) is 0 Å². The molecule has 2 aromatic rings. The van der Waals surface area contributed by atoms with Gasteiger partial charge in [-0.25, -0.2) is 11.7 Å². The average molecular weight is 344 g/mol. The van der Waals surface area contributed by atoms with Crippen LogP contribution in [0.15, 0.2) is 48.5 Å². The average Bonchev–Trinajstić information content (AvgIpc) is 2.67. The van der Waals surface area contributed by atoms with Gasteiger partial charge in [-0.2, -0.15) is 0 Å². The molecule has 0 bridgehead atoms. The molecule has 0 saturated heterocycles. The number of carbonyl (C=O) groups is 2. The second kappa shape index (κ2) is 9.26. The Morgan fingerprint density at radius 2 is 1.08 bits per heavy atom. The van der Waals surface area contributed by atoms with Gasteiger partial charge in [-0.05, 0) is 48.5 Å². The molecule has 0 aliphatic heterocycles. The largest absolute Gasteiger partial charge is 0.493 e. The van der Waals surface area contributed by atoms with Crippen molar-refractivity contribution in [2.45, 2.75) is 6.42 Å². The highest BCUT2D eigenvalue weighted by molar-refractivity contribution is 5.94. The second-order valence-corrected chi connectivity index (χ2v) is 5.05. The van der Waals surface area contributed by atoms with Crippen molar-refractivity contribution in [3.05, 3.63) is 59.7 Å². The van der Waals surface area contributed by atoms with Crippen LogP contribution >= 0.6 is 0 Å². The molecule has 2 rings (SSSR count). The summed E-state index contributed by atoms with van der Waals surface area (Å²) in [5.74, 6) is 10.7. The van der Waals surface area contributed by atoms with Crippen molar-refractivity contribution in [2.24, 2.45) is 11.7 Å². The third-order valence-corrected chi connectivity index (χ3v) is 3.32. The summed E-state index contributed by atoms with van der Waals surface area (Å²) in [6, 6.07) is 13.3. The monoisotopic (exact) mass is 344 g/mol. The number of carbonyl (C=O) groups excluding carboxylic acids is 2. The van der Waals surface area contributed by atoms with Gasteiger partial charge in [0.15, 0.2) is 0 Å². The summed E-state index contributed by atoms with van der Waals surface area (Å²) in [5, 5.41) is 0. The van der Waals surface area contributed by atoms with Gasteiger partial charge in [-0.3, -0.25) is 20.4 Å². The fourth-order valence-electron chi connectivity index (χ4n) is 2.01. The Hall–Kier alpha value is -3.10. The van der Waals surface area contributed by atoms with Crippen LogP contribution in [0.3, 0.4) is 0 Å². The molecule has 0 aliphatic rings. The van der Waals surface area contributed by atoms with Gasteiger partial charge in [0, 0.05) is 17.5 Å². The van der Waals surface area contributed by atoms with E-state index in [2.05, 4.69) is 10.9 Å². The van der Waals surface area contributed by atoms with Crippen molar-refractivity contribution in [2.75, 3.05) is 13.2 Å². The fraction of sp³-hybridized carbons (Fsp3) is 0.176. The van der Waals surface area contributed by atoms with Crippen molar-refractivity contribution in [3.8, 4) is 11.5 Å². The Balaban J connectivity index is 1.69. The van der Waals surface area contributed by atoms with Crippen LogP contribution < -0.4 is 32.0 Å². The molecule has 6 N–H and O–H groups in total. The minimum Gasteiger partial charge on any atom is -0.493 e. The van der Waals surface area contributed by atoms with Crippen molar-refractivity contribution in [1.82, 2.24) is 10.9 Å². The summed E-state index contributed by atoms with van der Waals surface area (Å²) in [5.41, 5.74) is 5.05.